The number of aliphatic carboxylic acids is 1. The third-order valence-corrected chi connectivity index (χ3v) is 1.48. The van der Waals surface area contributed by atoms with Crippen LogP contribution < -0.4 is 5.73 Å². The number of carbonyl (C=O) groups is 1. The van der Waals surface area contributed by atoms with Gasteiger partial charge in [-0.15, -0.1) is 0 Å². The predicted molar refractivity (Wildman–Crippen MR) is 45.9 cm³/mol. The molecule has 0 saturated carbocycles. The van der Waals surface area contributed by atoms with Crippen LogP contribution in [-0.2, 0) is 9.53 Å². The molecular weight excluding hydrogens is 158 g/mol. The molecule has 0 radical (unpaired) electrons. The zero-order valence-electron chi connectivity index (χ0n) is 7.78. The minimum absolute atomic E-state index is 0.397. The molecule has 4 heteroatoms. The lowest BCUT2D eigenvalue weighted by atomic mass is 10.2. The van der Waals surface area contributed by atoms with Crippen LogP contribution in [0, 0.1) is 5.92 Å². The molecule has 0 saturated heterocycles. The summed E-state index contributed by atoms with van der Waals surface area (Å²) in [5, 5.41) is 8.51. The molecule has 0 fully saturated rings. The lowest BCUT2D eigenvalue weighted by molar-refractivity contribution is -0.142. The second-order valence-electron chi connectivity index (χ2n) is 3.30. The fourth-order valence-electron chi connectivity index (χ4n) is 0.649. The van der Waals surface area contributed by atoms with E-state index in [1.807, 2.05) is 13.8 Å². The van der Waals surface area contributed by atoms with E-state index in [1.54, 1.807) is 6.92 Å². The molecule has 0 aliphatic heterocycles. The number of carboxylic acid groups (broad SMARTS) is 1. The molecule has 72 valence electrons. The van der Waals surface area contributed by atoms with Crippen molar-refractivity contribution in [2.45, 2.75) is 32.9 Å². The molecule has 3 N–H and O–H groups in total. The van der Waals surface area contributed by atoms with Crippen LogP contribution in [0.3, 0.4) is 0 Å². The Kier molecular flexibility index (Phi) is 4.85. The molecule has 0 unspecified atom stereocenters. The Bertz CT molecular complexity index is 147. The third kappa shape index (κ3) is 4.31. The van der Waals surface area contributed by atoms with Crippen molar-refractivity contribution in [1.29, 1.82) is 0 Å². The number of hydrogen-bond donors (Lipinski definition) is 2. The van der Waals surface area contributed by atoms with Crippen LogP contribution in [0.4, 0.5) is 0 Å². The van der Waals surface area contributed by atoms with E-state index in [0.717, 1.165) is 0 Å². The van der Waals surface area contributed by atoms with Gasteiger partial charge in [0.05, 0.1) is 6.10 Å². The van der Waals surface area contributed by atoms with Crippen LogP contribution in [0.5, 0.6) is 0 Å². The maximum atomic E-state index is 10.4. The first-order valence-electron chi connectivity index (χ1n) is 4.05. The van der Waals surface area contributed by atoms with Crippen molar-refractivity contribution in [3.05, 3.63) is 0 Å². The molecule has 0 bridgehead atoms. The summed E-state index contributed by atoms with van der Waals surface area (Å²) in [6.45, 7) is 6.21. The van der Waals surface area contributed by atoms with Crippen LogP contribution in [0.25, 0.3) is 0 Å². The standard InChI is InChI=1S/C8H17NO3/c1-5(2)4-12-6(3)7(9)8(10)11/h5-7H,4,9H2,1-3H3,(H,10,11)/t6-,7-/m0/s1. The second-order valence-corrected chi connectivity index (χ2v) is 3.30. The Hall–Kier alpha value is -0.610. The zero-order chi connectivity index (χ0) is 9.72. The maximum Gasteiger partial charge on any atom is 0.323 e. The molecular formula is C8H17NO3. The molecule has 2 atom stereocenters. The number of carboxylic acids is 1. The predicted octanol–water partition coefficient (Wildman–Crippen LogP) is 0.459. The van der Waals surface area contributed by atoms with Crippen molar-refractivity contribution in [3.63, 3.8) is 0 Å². The summed E-state index contributed by atoms with van der Waals surface area (Å²) < 4.78 is 5.22. The minimum Gasteiger partial charge on any atom is -0.480 e. The van der Waals surface area contributed by atoms with E-state index in [-0.39, 0.29) is 0 Å². The van der Waals surface area contributed by atoms with Crippen LogP contribution in [0.15, 0.2) is 0 Å². The van der Waals surface area contributed by atoms with Gasteiger partial charge in [0.2, 0.25) is 0 Å². The van der Waals surface area contributed by atoms with Crippen LogP contribution in [-0.4, -0.2) is 29.8 Å². The molecule has 0 aliphatic rings. The Labute approximate surface area is 72.7 Å². The summed E-state index contributed by atoms with van der Waals surface area (Å²) in [6.07, 6.45) is -0.426. The van der Waals surface area contributed by atoms with Gasteiger partial charge >= 0.3 is 5.97 Å². The van der Waals surface area contributed by atoms with Gasteiger partial charge in [-0.05, 0) is 12.8 Å². The summed E-state index contributed by atoms with van der Waals surface area (Å²) >= 11 is 0. The van der Waals surface area contributed by atoms with Gasteiger partial charge in [0.25, 0.3) is 0 Å². The Morgan fingerprint density at radius 1 is 1.50 bits per heavy atom. The van der Waals surface area contributed by atoms with E-state index < -0.39 is 18.1 Å². The number of hydrogen-bond acceptors (Lipinski definition) is 3. The summed E-state index contributed by atoms with van der Waals surface area (Å²) in [6, 6.07) is -0.927. The monoisotopic (exact) mass is 175 g/mol. The SMILES string of the molecule is CC(C)CO[C@@H](C)[C@H](N)C(=O)O. The molecule has 0 aromatic heterocycles. The maximum absolute atomic E-state index is 10.4. The highest BCUT2D eigenvalue weighted by Crippen LogP contribution is 2.00. The quantitative estimate of drug-likeness (QED) is 0.636. The minimum atomic E-state index is -1.02. The first-order chi connectivity index (χ1) is 5.45. The lowest BCUT2D eigenvalue weighted by Gasteiger charge is -2.17. The highest BCUT2D eigenvalue weighted by molar-refractivity contribution is 5.73. The average Bonchev–Trinajstić information content (AvgIpc) is 1.98. The highest BCUT2D eigenvalue weighted by Gasteiger charge is 2.20. The summed E-state index contributed by atoms with van der Waals surface area (Å²) in [7, 11) is 0. The van der Waals surface area contributed by atoms with Gasteiger partial charge in [-0.25, -0.2) is 0 Å². The van der Waals surface area contributed by atoms with Gasteiger partial charge < -0.3 is 15.6 Å². The van der Waals surface area contributed by atoms with E-state index in [0.29, 0.717) is 12.5 Å². The first-order valence-corrected chi connectivity index (χ1v) is 4.05. The smallest absolute Gasteiger partial charge is 0.323 e. The van der Waals surface area contributed by atoms with Gasteiger partial charge in [-0.2, -0.15) is 0 Å². The van der Waals surface area contributed by atoms with Gasteiger partial charge in [0.15, 0.2) is 0 Å². The number of nitrogens with two attached hydrogens (primary N) is 1. The fraction of sp³-hybridized carbons (Fsp3) is 0.875. The van der Waals surface area contributed by atoms with Crippen LogP contribution >= 0.6 is 0 Å². The number of rotatable bonds is 5. The molecule has 12 heavy (non-hydrogen) atoms. The zero-order valence-corrected chi connectivity index (χ0v) is 7.78. The summed E-state index contributed by atoms with van der Waals surface area (Å²) in [4.78, 5) is 10.4. The molecule has 0 spiro atoms. The van der Waals surface area contributed by atoms with Crippen molar-refractivity contribution in [2.75, 3.05) is 6.61 Å². The normalized spacial score (nSPS) is 16.1. The highest BCUT2D eigenvalue weighted by atomic mass is 16.5. The van der Waals surface area contributed by atoms with E-state index in [4.69, 9.17) is 15.6 Å². The average molecular weight is 175 g/mol. The van der Waals surface area contributed by atoms with Gasteiger partial charge in [0.1, 0.15) is 6.04 Å². The van der Waals surface area contributed by atoms with E-state index in [1.165, 1.54) is 0 Å². The number of ether oxygens (including phenoxy) is 1. The summed E-state index contributed by atoms with van der Waals surface area (Å²) in [5.41, 5.74) is 5.32. The van der Waals surface area contributed by atoms with E-state index >= 15 is 0 Å². The largest absolute Gasteiger partial charge is 0.480 e. The molecule has 0 aromatic carbocycles. The van der Waals surface area contributed by atoms with Gasteiger partial charge in [0, 0.05) is 6.61 Å². The topological polar surface area (TPSA) is 72.5 Å². The molecule has 0 aliphatic carbocycles. The second kappa shape index (κ2) is 5.11. The van der Waals surface area contributed by atoms with Crippen LogP contribution in [0.1, 0.15) is 20.8 Å². The van der Waals surface area contributed by atoms with Crippen LogP contribution in [0.2, 0.25) is 0 Å². The fourth-order valence-corrected chi connectivity index (χ4v) is 0.649. The van der Waals surface area contributed by atoms with Crippen molar-refractivity contribution in [1.82, 2.24) is 0 Å². The van der Waals surface area contributed by atoms with Crippen molar-refractivity contribution in [3.8, 4) is 0 Å². The van der Waals surface area contributed by atoms with Crippen molar-refractivity contribution >= 4 is 5.97 Å². The van der Waals surface area contributed by atoms with Crippen molar-refractivity contribution < 1.29 is 14.6 Å². The molecule has 4 nitrogen and oxygen atoms in total. The summed E-state index contributed by atoms with van der Waals surface area (Å²) in [5.74, 6) is -0.625. The molecule has 0 amide bonds. The Morgan fingerprint density at radius 3 is 2.33 bits per heavy atom. The Balaban J connectivity index is 3.71. The Morgan fingerprint density at radius 2 is 2.00 bits per heavy atom. The van der Waals surface area contributed by atoms with Gasteiger partial charge in [-0.3, -0.25) is 4.79 Å². The molecule has 0 aromatic rings. The van der Waals surface area contributed by atoms with E-state index in [2.05, 4.69) is 0 Å². The molecule has 0 heterocycles. The van der Waals surface area contributed by atoms with Gasteiger partial charge in [-0.1, -0.05) is 13.8 Å². The van der Waals surface area contributed by atoms with Crippen molar-refractivity contribution in [2.24, 2.45) is 11.7 Å². The van der Waals surface area contributed by atoms with E-state index in [9.17, 15) is 4.79 Å². The lowest BCUT2D eigenvalue weighted by Crippen LogP contribution is -2.42. The molecule has 0 rings (SSSR count). The third-order valence-electron chi connectivity index (χ3n) is 1.48. The first kappa shape index (κ1) is 11.4.